The van der Waals surface area contributed by atoms with E-state index in [2.05, 4.69) is 112 Å². The highest BCUT2D eigenvalue weighted by Gasteiger charge is 2.25. The summed E-state index contributed by atoms with van der Waals surface area (Å²) in [6.45, 7) is 0. The highest BCUT2D eigenvalue weighted by Crippen LogP contribution is 2.47. The van der Waals surface area contributed by atoms with Crippen molar-refractivity contribution in [2.75, 3.05) is 0 Å². The Balaban J connectivity index is 1.74. The van der Waals surface area contributed by atoms with Crippen LogP contribution in [-0.4, -0.2) is 14.0 Å². The number of pyridine rings is 1. The highest BCUT2D eigenvalue weighted by atomic mass is 15.1. The first-order chi connectivity index (χ1) is 17.9. The summed E-state index contributed by atoms with van der Waals surface area (Å²) in [6.07, 6.45) is 1.88. The van der Waals surface area contributed by atoms with Crippen molar-refractivity contribution in [2.45, 2.75) is 0 Å². The van der Waals surface area contributed by atoms with Crippen LogP contribution in [-0.2, 0) is 0 Å². The normalized spacial score (nSPS) is 12.4. The molecule has 0 unspecified atom stereocenters. The van der Waals surface area contributed by atoms with Crippen molar-refractivity contribution >= 4 is 70.7 Å². The molecule has 4 heterocycles. The van der Waals surface area contributed by atoms with Crippen LogP contribution < -0.4 is 0 Å². The molecule has 0 saturated carbocycles. The Morgan fingerprint density at radius 2 is 1.03 bits per heavy atom. The van der Waals surface area contributed by atoms with Crippen LogP contribution in [0.3, 0.4) is 0 Å². The Bertz CT molecular complexity index is 2300. The van der Waals surface area contributed by atoms with Gasteiger partial charge in [-0.1, -0.05) is 84.9 Å². The summed E-state index contributed by atoms with van der Waals surface area (Å²) in [5, 5.41) is 10.3. The van der Waals surface area contributed by atoms with Gasteiger partial charge in [0.15, 0.2) is 0 Å². The number of fused-ring (bicyclic) bond motifs is 13. The van der Waals surface area contributed by atoms with Gasteiger partial charge in [-0.25, -0.2) is 4.98 Å². The maximum Gasteiger partial charge on any atom is 0.137 e. The van der Waals surface area contributed by atoms with E-state index in [9.17, 15) is 0 Å². The molecule has 3 nitrogen and oxygen atoms in total. The number of benzene rings is 5. The zero-order chi connectivity index (χ0) is 23.4. The standard InChI is InChI=1S/C33H19N3/c1-2-12-22-21(11-1)29-24-13-4-6-17-27(24)35(28-18-7-8-19-34-28)32(29)33-30(22)25-15-9-14-23-20-10-3-5-16-26(20)36(33)31(23)25/h1-19H. The van der Waals surface area contributed by atoms with Crippen LogP contribution in [0.4, 0.5) is 0 Å². The Labute approximate surface area is 205 Å². The molecule has 0 atom stereocenters. The van der Waals surface area contributed by atoms with Gasteiger partial charge < -0.3 is 4.40 Å². The van der Waals surface area contributed by atoms with Crippen molar-refractivity contribution in [1.82, 2.24) is 14.0 Å². The van der Waals surface area contributed by atoms with Gasteiger partial charge >= 0.3 is 0 Å². The number of rotatable bonds is 1. The van der Waals surface area contributed by atoms with Gasteiger partial charge in [0, 0.05) is 38.5 Å². The van der Waals surface area contributed by atoms with Gasteiger partial charge in [-0.2, -0.15) is 0 Å². The number of hydrogen-bond donors (Lipinski definition) is 0. The fourth-order valence-corrected chi connectivity index (χ4v) is 6.57. The van der Waals surface area contributed by atoms with E-state index in [0.717, 1.165) is 5.82 Å². The van der Waals surface area contributed by atoms with Gasteiger partial charge in [-0.3, -0.25) is 4.57 Å². The van der Waals surface area contributed by atoms with Crippen LogP contribution in [0.2, 0.25) is 0 Å². The van der Waals surface area contributed by atoms with E-state index in [-0.39, 0.29) is 0 Å². The van der Waals surface area contributed by atoms with Crippen LogP contribution >= 0.6 is 0 Å². The van der Waals surface area contributed by atoms with Crippen molar-refractivity contribution in [3.05, 3.63) is 115 Å². The maximum absolute atomic E-state index is 4.83. The summed E-state index contributed by atoms with van der Waals surface area (Å²) >= 11 is 0. The summed E-state index contributed by atoms with van der Waals surface area (Å²) in [5.74, 6) is 0.935. The lowest BCUT2D eigenvalue weighted by molar-refractivity contribution is 1.08. The molecule has 166 valence electrons. The second-order valence-corrected chi connectivity index (χ2v) is 9.59. The largest absolute Gasteiger partial charge is 0.306 e. The molecule has 0 aliphatic heterocycles. The monoisotopic (exact) mass is 457 g/mol. The van der Waals surface area contributed by atoms with E-state index in [4.69, 9.17) is 4.98 Å². The van der Waals surface area contributed by atoms with Crippen LogP contribution in [0, 0.1) is 0 Å². The van der Waals surface area contributed by atoms with Crippen molar-refractivity contribution in [3.8, 4) is 5.82 Å². The van der Waals surface area contributed by atoms with Crippen LogP contribution in [0.25, 0.3) is 76.5 Å². The summed E-state index contributed by atoms with van der Waals surface area (Å²) < 4.78 is 4.87. The molecule has 0 fully saturated rings. The first-order valence-corrected chi connectivity index (χ1v) is 12.3. The lowest BCUT2D eigenvalue weighted by Crippen LogP contribution is -1.98. The quantitative estimate of drug-likeness (QED) is 0.242. The van der Waals surface area contributed by atoms with Crippen LogP contribution in [0.1, 0.15) is 0 Å². The van der Waals surface area contributed by atoms with E-state index >= 15 is 0 Å². The fraction of sp³-hybridized carbons (Fsp3) is 0. The second-order valence-electron chi connectivity index (χ2n) is 9.59. The molecule has 0 radical (unpaired) electrons. The van der Waals surface area contributed by atoms with E-state index in [0.29, 0.717) is 0 Å². The average Bonchev–Trinajstić information content (AvgIpc) is 3.59. The van der Waals surface area contributed by atoms with Gasteiger partial charge in [-0.15, -0.1) is 0 Å². The first-order valence-electron chi connectivity index (χ1n) is 12.3. The molecule has 9 rings (SSSR count). The molecular formula is C33H19N3. The van der Waals surface area contributed by atoms with Gasteiger partial charge in [0.25, 0.3) is 0 Å². The molecule has 0 N–H and O–H groups in total. The summed E-state index contributed by atoms with van der Waals surface area (Å²) in [7, 11) is 0. The second kappa shape index (κ2) is 6.41. The summed E-state index contributed by atoms with van der Waals surface area (Å²) in [5.41, 5.74) is 6.17. The molecular weight excluding hydrogens is 438 g/mol. The Kier molecular flexibility index (Phi) is 3.28. The predicted molar refractivity (Wildman–Crippen MR) is 151 cm³/mol. The zero-order valence-electron chi connectivity index (χ0n) is 19.3. The lowest BCUT2D eigenvalue weighted by Gasteiger charge is -2.10. The van der Waals surface area contributed by atoms with Gasteiger partial charge in [0.1, 0.15) is 5.82 Å². The molecule has 0 amide bonds. The van der Waals surface area contributed by atoms with Crippen molar-refractivity contribution < 1.29 is 0 Å². The molecule has 5 aromatic carbocycles. The molecule has 0 saturated heterocycles. The van der Waals surface area contributed by atoms with E-state index < -0.39 is 0 Å². The lowest BCUT2D eigenvalue weighted by atomic mass is 9.98. The van der Waals surface area contributed by atoms with E-state index in [1.165, 1.54) is 70.7 Å². The molecule has 0 spiro atoms. The van der Waals surface area contributed by atoms with Crippen molar-refractivity contribution in [3.63, 3.8) is 0 Å². The minimum Gasteiger partial charge on any atom is -0.306 e. The Morgan fingerprint density at radius 3 is 1.81 bits per heavy atom. The third-order valence-electron chi connectivity index (χ3n) is 7.87. The minimum atomic E-state index is 0.935. The topological polar surface area (TPSA) is 22.2 Å². The summed E-state index contributed by atoms with van der Waals surface area (Å²) in [4.78, 5) is 4.83. The minimum absolute atomic E-state index is 0.935. The van der Waals surface area contributed by atoms with E-state index in [1.54, 1.807) is 0 Å². The van der Waals surface area contributed by atoms with Crippen LogP contribution in [0.15, 0.2) is 115 Å². The molecule has 0 aliphatic rings. The maximum atomic E-state index is 4.83. The molecule has 0 bridgehead atoms. The third-order valence-corrected chi connectivity index (χ3v) is 7.87. The third kappa shape index (κ3) is 2.04. The van der Waals surface area contributed by atoms with Crippen molar-refractivity contribution in [1.29, 1.82) is 0 Å². The molecule has 36 heavy (non-hydrogen) atoms. The van der Waals surface area contributed by atoms with E-state index in [1.807, 2.05) is 12.3 Å². The predicted octanol–water partition coefficient (Wildman–Crippen LogP) is 8.48. The Morgan fingerprint density at radius 1 is 0.417 bits per heavy atom. The van der Waals surface area contributed by atoms with Gasteiger partial charge in [0.2, 0.25) is 0 Å². The van der Waals surface area contributed by atoms with Crippen molar-refractivity contribution in [2.24, 2.45) is 0 Å². The molecule has 4 aromatic heterocycles. The number of nitrogens with zero attached hydrogens (tertiary/aromatic N) is 3. The Hall–Kier alpha value is -4.89. The number of para-hydroxylation sites is 3. The SMILES string of the molecule is c1ccc(-n2c3ccccc3c3c4ccccc4c4c5cccc6c7ccccc7n(c65)c4c32)nc1. The highest BCUT2D eigenvalue weighted by molar-refractivity contribution is 6.38. The average molecular weight is 458 g/mol. The van der Waals surface area contributed by atoms with Gasteiger partial charge in [-0.05, 0) is 35.0 Å². The fourth-order valence-electron chi connectivity index (χ4n) is 6.57. The number of hydrogen-bond acceptors (Lipinski definition) is 1. The van der Waals surface area contributed by atoms with Crippen LogP contribution in [0.5, 0.6) is 0 Å². The summed E-state index contributed by atoms with van der Waals surface area (Å²) in [6, 6.07) is 39.3. The molecule has 3 heteroatoms. The number of aromatic nitrogens is 3. The molecule has 9 aromatic rings. The van der Waals surface area contributed by atoms with Gasteiger partial charge in [0.05, 0.1) is 27.6 Å². The first kappa shape index (κ1) is 18.4. The molecule has 0 aliphatic carbocycles. The zero-order valence-corrected chi connectivity index (χ0v) is 19.3. The smallest absolute Gasteiger partial charge is 0.137 e.